The largest absolute Gasteiger partial charge is 0.493 e. The minimum atomic E-state index is 0.0834. The third-order valence-corrected chi connectivity index (χ3v) is 4.35. The van der Waals surface area contributed by atoms with Gasteiger partial charge in [0.2, 0.25) is 0 Å². The van der Waals surface area contributed by atoms with Crippen molar-refractivity contribution in [1.82, 2.24) is 0 Å². The van der Waals surface area contributed by atoms with Crippen molar-refractivity contribution in [2.45, 2.75) is 32.1 Å². The molecule has 0 aliphatic heterocycles. The number of aryl methyl sites for hydroxylation is 1. The van der Waals surface area contributed by atoms with Gasteiger partial charge in [-0.3, -0.25) is 4.79 Å². The van der Waals surface area contributed by atoms with Gasteiger partial charge in [0.25, 0.3) is 0 Å². The van der Waals surface area contributed by atoms with Gasteiger partial charge < -0.3 is 4.74 Å². The Kier molecular flexibility index (Phi) is 3.54. The molecule has 2 aromatic carbocycles. The fourth-order valence-electron chi connectivity index (χ4n) is 2.82. The third-order valence-electron chi connectivity index (χ3n) is 4.35. The maximum Gasteiger partial charge on any atom is 0.159 e. The van der Waals surface area contributed by atoms with Crippen LogP contribution >= 0.6 is 0 Å². The van der Waals surface area contributed by atoms with Crippen LogP contribution in [0.5, 0.6) is 5.75 Å². The lowest BCUT2D eigenvalue weighted by Gasteiger charge is -2.19. The van der Waals surface area contributed by atoms with E-state index in [2.05, 4.69) is 31.2 Å². The quantitative estimate of drug-likeness (QED) is 0.763. The number of hydrogen-bond donors (Lipinski definition) is 0. The molecule has 1 aliphatic carbocycles. The lowest BCUT2D eigenvalue weighted by atomic mass is 9.93. The van der Waals surface area contributed by atoms with Crippen LogP contribution in [0.2, 0.25) is 0 Å². The zero-order valence-corrected chi connectivity index (χ0v) is 12.6. The fourth-order valence-corrected chi connectivity index (χ4v) is 2.82. The van der Waals surface area contributed by atoms with Crippen LogP contribution in [-0.4, -0.2) is 12.4 Å². The summed E-state index contributed by atoms with van der Waals surface area (Å²) in [5.41, 5.74) is 3.66. The van der Waals surface area contributed by atoms with Crippen molar-refractivity contribution in [2.75, 3.05) is 6.61 Å². The first-order chi connectivity index (χ1) is 10.1. The van der Waals surface area contributed by atoms with Gasteiger partial charge >= 0.3 is 0 Å². The molecule has 21 heavy (non-hydrogen) atoms. The van der Waals surface area contributed by atoms with Gasteiger partial charge in [-0.15, -0.1) is 0 Å². The molecule has 0 bridgehead atoms. The van der Waals surface area contributed by atoms with Gasteiger partial charge in [-0.05, 0) is 62.1 Å². The van der Waals surface area contributed by atoms with E-state index in [4.69, 9.17) is 4.74 Å². The number of Topliss-reactive ketones (excluding diaryl/α,β-unsaturated/α-hetero) is 1. The van der Waals surface area contributed by atoms with Gasteiger partial charge in [0.15, 0.2) is 5.78 Å². The summed E-state index contributed by atoms with van der Waals surface area (Å²) in [6.07, 6.45) is 2.37. The standard InChI is InChI=1S/C19H20O2/c1-14-5-3-4-6-18(14)19(11-12-19)13-21-17-9-7-16(8-10-17)15(2)20/h3-10H,11-13H2,1-2H3. The third kappa shape index (κ3) is 2.85. The summed E-state index contributed by atoms with van der Waals surface area (Å²) in [4.78, 5) is 11.3. The lowest BCUT2D eigenvalue weighted by Crippen LogP contribution is -2.18. The number of ketones is 1. The summed E-state index contributed by atoms with van der Waals surface area (Å²) in [7, 11) is 0. The van der Waals surface area contributed by atoms with Crippen LogP contribution in [0.1, 0.15) is 41.3 Å². The fraction of sp³-hybridized carbons (Fsp3) is 0.316. The average molecular weight is 280 g/mol. The van der Waals surface area contributed by atoms with Crippen molar-refractivity contribution in [2.24, 2.45) is 0 Å². The Balaban J connectivity index is 1.70. The molecule has 1 fully saturated rings. The molecule has 0 unspecified atom stereocenters. The second-order valence-electron chi connectivity index (χ2n) is 5.96. The molecule has 0 aromatic heterocycles. The molecule has 0 amide bonds. The molecule has 0 radical (unpaired) electrons. The smallest absolute Gasteiger partial charge is 0.159 e. The van der Waals surface area contributed by atoms with E-state index >= 15 is 0 Å². The van der Waals surface area contributed by atoms with Crippen molar-refractivity contribution < 1.29 is 9.53 Å². The van der Waals surface area contributed by atoms with E-state index in [1.165, 1.54) is 24.0 Å². The number of benzene rings is 2. The number of carbonyl (C=O) groups is 1. The number of rotatable bonds is 5. The van der Waals surface area contributed by atoms with Crippen LogP contribution in [0.25, 0.3) is 0 Å². The first-order valence-electron chi connectivity index (χ1n) is 7.41. The van der Waals surface area contributed by atoms with Crippen molar-refractivity contribution >= 4 is 5.78 Å². The molecule has 0 spiro atoms. The highest BCUT2D eigenvalue weighted by Gasteiger charge is 2.45. The minimum Gasteiger partial charge on any atom is -0.493 e. The average Bonchev–Trinajstić information content (AvgIpc) is 3.27. The van der Waals surface area contributed by atoms with E-state index in [0.29, 0.717) is 6.61 Å². The first kappa shape index (κ1) is 13.9. The van der Waals surface area contributed by atoms with Crippen LogP contribution in [0.4, 0.5) is 0 Å². The van der Waals surface area contributed by atoms with Gasteiger partial charge in [-0.1, -0.05) is 24.3 Å². The Morgan fingerprint density at radius 1 is 1.10 bits per heavy atom. The summed E-state index contributed by atoms with van der Waals surface area (Å²) < 4.78 is 5.97. The van der Waals surface area contributed by atoms with E-state index in [-0.39, 0.29) is 11.2 Å². The SMILES string of the molecule is CC(=O)c1ccc(OCC2(c3ccccc3C)CC2)cc1. The van der Waals surface area contributed by atoms with Crippen molar-refractivity contribution in [1.29, 1.82) is 0 Å². The zero-order chi connectivity index (χ0) is 14.9. The van der Waals surface area contributed by atoms with Gasteiger partial charge in [0.1, 0.15) is 5.75 Å². The molecule has 2 aromatic rings. The Morgan fingerprint density at radius 3 is 2.33 bits per heavy atom. The summed E-state index contributed by atoms with van der Waals surface area (Å²) in [5.74, 6) is 0.917. The van der Waals surface area contributed by atoms with E-state index in [1.54, 1.807) is 6.92 Å². The summed E-state index contributed by atoms with van der Waals surface area (Å²) in [6, 6.07) is 16.0. The zero-order valence-electron chi connectivity index (χ0n) is 12.6. The number of ether oxygens (including phenoxy) is 1. The number of hydrogen-bond acceptors (Lipinski definition) is 2. The molecule has 1 saturated carbocycles. The Hall–Kier alpha value is -2.09. The summed E-state index contributed by atoms with van der Waals surface area (Å²) in [6.45, 7) is 4.45. The highest BCUT2D eigenvalue weighted by atomic mass is 16.5. The van der Waals surface area contributed by atoms with Crippen LogP contribution < -0.4 is 4.74 Å². The minimum absolute atomic E-state index is 0.0834. The second kappa shape index (κ2) is 5.36. The summed E-state index contributed by atoms with van der Waals surface area (Å²) >= 11 is 0. The Labute approximate surface area is 125 Å². The van der Waals surface area contributed by atoms with Crippen LogP contribution in [0, 0.1) is 6.92 Å². The molecule has 108 valence electrons. The Morgan fingerprint density at radius 2 is 1.76 bits per heavy atom. The molecule has 0 N–H and O–H groups in total. The molecular formula is C19H20O2. The molecule has 2 heteroatoms. The van der Waals surface area contributed by atoms with E-state index in [1.807, 2.05) is 24.3 Å². The monoisotopic (exact) mass is 280 g/mol. The number of carbonyl (C=O) groups excluding carboxylic acids is 1. The van der Waals surface area contributed by atoms with Crippen molar-refractivity contribution in [3.63, 3.8) is 0 Å². The molecule has 0 atom stereocenters. The van der Waals surface area contributed by atoms with Gasteiger partial charge in [0, 0.05) is 11.0 Å². The second-order valence-corrected chi connectivity index (χ2v) is 5.96. The van der Waals surface area contributed by atoms with E-state index < -0.39 is 0 Å². The summed E-state index contributed by atoms with van der Waals surface area (Å²) in [5, 5.41) is 0. The maximum absolute atomic E-state index is 11.3. The molecule has 2 nitrogen and oxygen atoms in total. The van der Waals surface area contributed by atoms with Crippen LogP contribution in [0.15, 0.2) is 48.5 Å². The highest BCUT2D eigenvalue weighted by molar-refractivity contribution is 5.94. The predicted octanol–water partition coefficient (Wildman–Crippen LogP) is 4.31. The van der Waals surface area contributed by atoms with Gasteiger partial charge in [-0.25, -0.2) is 0 Å². The molecule has 1 aliphatic rings. The van der Waals surface area contributed by atoms with Crippen molar-refractivity contribution in [3.05, 3.63) is 65.2 Å². The lowest BCUT2D eigenvalue weighted by molar-refractivity contribution is 0.101. The molecular weight excluding hydrogens is 260 g/mol. The van der Waals surface area contributed by atoms with Crippen molar-refractivity contribution in [3.8, 4) is 5.75 Å². The molecule has 0 heterocycles. The molecule has 0 saturated heterocycles. The maximum atomic E-state index is 11.3. The normalized spacial score (nSPS) is 15.5. The van der Waals surface area contributed by atoms with Crippen LogP contribution in [0.3, 0.4) is 0 Å². The van der Waals surface area contributed by atoms with E-state index in [9.17, 15) is 4.79 Å². The van der Waals surface area contributed by atoms with Crippen LogP contribution in [-0.2, 0) is 5.41 Å². The first-order valence-corrected chi connectivity index (χ1v) is 7.41. The van der Waals surface area contributed by atoms with Gasteiger partial charge in [-0.2, -0.15) is 0 Å². The Bertz CT molecular complexity index is 652. The molecule has 3 rings (SSSR count). The highest BCUT2D eigenvalue weighted by Crippen LogP contribution is 2.49. The predicted molar refractivity (Wildman–Crippen MR) is 84.0 cm³/mol. The van der Waals surface area contributed by atoms with Gasteiger partial charge in [0.05, 0.1) is 6.61 Å². The topological polar surface area (TPSA) is 26.3 Å². The van der Waals surface area contributed by atoms with E-state index in [0.717, 1.165) is 11.3 Å².